The molecule has 0 radical (unpaired) electrons. The van der Waals surface area contributed by atoms with Crippen LogP contribution < -0.4 is 16.4 Å². The van der Waals surface area contributed by atoms with Crippen molar-refractivity contribution in [1.82, 2.24) is 15.3 Å². The molecule has 0 atom stereocenters. The van der Waals surface area contributed by atoms with Crippen LogP contribution in [0.2, 0.25) is 0 Å². The van der Waals surface area contributed by atoms with Gasteiger partial charge in [-0.3, -0.25) is 0 Å². The summed E-state index contributed by atoms with van der Waals surface area (Å²) < 4.78 is 23.4. The van der Waals surface area contributed by atoms with Crippen LogP contribution in [0.4, 0.5) is 16.3 Å². The highest BCUT2D eigenvalue weighted by atomic mass is 32.2. The third kappa shape index (κ3) is 3.80. The number of carbonyl (C=O) groups is 1. The second-order valence-electron chi connectivity index (χ2n) is 7.62. The molecule has 0 saturated heterocycles. The lowest BCUT2D eigenvalue weighted by atomic mass is 10.1. The van der Waals surface area contributed by atoms with Gasteiger partial charge in [0.1, 0.15) is 10.6 Å². The van der Waals surface area contributed by atoms with Gasteiger partial charge in [-0.25, -0.2) is 23.2 Å². The maximum Gasteiger partial charge on any atom is 0.319 e. The average Bonchev–Trinajstić information content (AvgIpc) is 3.54. The van der Waals surface area contributed by atoms with Crippen molar-refractivity contribution in [3.63, 3.8) is 0 Å². The van der Waals surface area contributed by atoms with Crippen LogP contribution >= 0.6 is 0 Å². The second-order valence-corrected chi connectivity index (χ2v) is 9.95. The van der Waals surface area contributed by atoms with E-state index in [2.05, 4.69) is 20.6 Å². The van der Waals surface area contributed by atoms with Crippen LogP contribution in [-0.2, 0) is 14.6 Å². The van der Waals surface area contributed by atoms with Crippen LogP contribution in [-0.4, -0.2) is 37.2 Å². The van der Waals surface area contributed by atoms with Crippen molar-refractivity contribution in [3.8, 4) is 11.4 Å². The van der Waals surface area contributed by atoms with Crippen LogP contribution in [0.15, 0.2) is 30.3 Å². The van der Waals surface area contributed by atoms with Gasteiger partial charge in [-0.05, 0) is 55.9 Å². The number of urea groups is 1. The molecule has 148 valence electrons. The Hall–Kier alpha value is -2.68. The van der Waals surface area contributed by atoms with Crippen molar-refractivity contribution in [2.45, 2.75) is 30.4 Å². The van der Waals surface area contributed by atoms with Crippen molar-refractivity contribution in [2.24, 2.45) is 5.92 Å². The summed E-state index contributed by atoms with van der Waals surface area (Å²) in [6.45, 7) is 0.700. The van der Waals surface area contributed by atoms with E-state index in [4.69, 9.17) is 5.73 Å². The number of aromatic nitrogens is 2. The maximum absolute atomic E-state index is 12.2. The van der Waals surface area contributed by atoms with Crippen molar-refractivity contribution in [1.29, 1.82) is 0 Å². The fraction of sp³-hybridized carbons (Fsp3) is 0.421. The number of benzene rings is 1. The van der Waals surface area contributed by atoms with Crippen LogP contribution in [0.25, 0.3) is 11.4 Å². The third-order valence-electron chi connectivity index (χ3n) is 5.28. The van der Waals surface area contributed by atoms with E-state index in [9.17, 15) is 13.2 Å². The number of nitrogens with zero attached hydrogens (tertiary/aromatic N) is 2. The first kappa shape index (κ1) is 18.7. The topological polar surface area (TPSA) is 127 Å². The summed E-state index contributed by atoms with van der Waals surface area (Å²) >= 11 is 0. The van der Waals surface area contributed by atoms with Gasteiger partial charge in [0.25, 0.3) is 0 Å². The number of rotatable bonds is 6. The summed E-state index contributed by atoms with van der Waals surface area (Å²) in [5.74, 6) is 1.22. The number of sulfone groups is 1. The van der Waals surface area contributed by atoms with E-state index in [0.29, 0.717) is 48.1 Å². The van der Waals surface area contributed by atoms with Gasteiger partial charge in [0.15, 0.2) is 15.7 Å². The maximum atomic E-state index is 12.2. The first-order valence-electron chi connectivity index (χ1n) is 9.27. The predicted octanol–water partition coefficient (Wildman–Crippen LogP) is 2.29. The lowest BCUT2D eigenvalue weighted by molar-refractivity contribution is 0.251. The summed E-state index contributed by atoms with van der Waals surface area (Å²) in [6, 6.07) is 8.36. The molecule has 2 amide bonds. The van der Waals surface area contributed by atoms with Gasteiger partial charge in [0.2, 0.25) is 0 Å². The number of amides is 2. The molecular formula is C19H23N5O3S. The molecule has 2 fully saturated rings. The van der Waals surface area contributed by atoms with E-state index in [1.54, 1.807) is 24.3 Å². The zero-order chi connectivity index (χ0) is 19.9. The summed E-state index contributed by atoms with van der Waals surface area (Å²) in [5.41, 5.74) is 7.70. The Bertz CT molecular complexity index is 1010. The number of carbonyl (C=O) groups excluding carboxylic acids is 1. The van der Waals surface area contributed by atoms with Crippen molar-refractivity contribution in [3.05, 3.63) is 36.0 Å². The summed E-state index contributed by atoms with van der Waals surface area (Å²) in [5, 5.41) is 5.63. The Morgan fingerprint density at radius 3 is 2.46 bits per heavy atom. The second kappa shape index (κ2) is 6.73. The molecule has 0 spiro atoms. The van der Waals surface area contributed by atoms with Crippen molar-refractivity contribution in [2.75, 3.05) is 23.9 Å². The van der Waals surface area contributed by atoms with Crippen LogP contribution in [0.5, 0.6) is 0 Å². The van der Waals surface area contributed by atoms with Crippen LogP contribution in [0, 0.1) is 5.92 Å². The zero-order valence-corrected chi connectivity index (χ0v) is 16.4. The molecule has 0 unspecified atom stereocenters. The van der Waals surface area contributed by atoms with E-state index in [-0.39, 0.29) is 11.8 Å². The number of anilines is 2. The minimum absolute atomic E-state index is 0.231. The van der Waals surface area contributed by atoms with E-state index in [0.717, 1.165) is 0 Å². The largest absolute Gasteiger partial charge is 0.384 e. The fourth-order valence-electron chi connectivity index (χ4n) is 3.20. The van der Waals surface area contributed by atoms with Crippen molar-refractivity contribution >= 4 is 27.4 Å². The Morgan fingerprint density at radius 1 is 1.21 bits per heavy atom. The first-order chi connectivity index (χ1) is 13.3. The molecule has 2 saturated carbocycles. The monoisotopic (exact) mass is 401 g/mol. The highest BCUT2D eigenvalue weighted by Crippen LogP contribution is 2.52. The molecule has 4 N–H and O–H groups in total. The lowest BCUT2D eigenvalue weighted by Crippen LogP contribution is -2.30. The molecule has 0 bridgehead atoms. The Balaban J connectivity index is 1.52. The molecule has 1 aromatic carbocycles. The summed E-state index contributed by atoms with van der Waals surface area (Å²) in [4.78, 5) is 20.6. The van der Waals surface area contributed by atoms with E-state index < -0.39 is 14.6 Å². The number of hydrogen-bond acceptors (Lipinski definition) is 6. The van der Waals surface area contributed by atoms with Crippen LogP contribution in [0.3, 0.4) is 0 Å². The summed E-state index contributed by atoms with van der Waals surface area (Å²) in [7, 11) is -3.29. The minimum Gasteiger partial charge on any atom is -0.384 e. The number of nitrogens with two attached hydrogens (primary N) is 1. The van der Waals surface area contributed by atoms with E-state index in [1.807, 2.05) is 0 Å². The molecule has 1 aromatic heterocycles. The molecule has 28 heavy (non-hydrogen) atoms. The van der Waals surface area contributed by atoms with E-state index in [1.165, 1.54) is 25.2 Å². The Labute approximate surface area is 163 Å². The summed E-state index contributed by atoms with van der Waals surface area (Å²) in [6.07, 6.45) is 4.67. The van der Waals surface area contributed by atoms with Crippen LogP contribution in [0.1, 0.15) is 31.4 Å². The lowest BCUT2D eigenvalue weighted by Gasteiger charge is -2.14. The fourth-order valence-corrected chi connectivity index (χ4v) is 4.52. The molecule has 0 aliphatic heterocycles. The van der Waals surface area contributed by atoms with E-state index >= 15 is 0 Å². The number of nitrogens with one attached hydrogen (secondary N) is 2. The van der Waals surface area contributed by atoms with Gasteiger partial charge in [-0.1, -0.05) is 0 Å². The first-order valence-corrected chi connectivity index (χ1v) is 11.2. The van der Waals surface area contributed by atoms with Gasteiger partial charge in [0, 0.05) is 30.1 Å². The molecule has 2 aromatic rings. The molecule has 4 rings (SSSR count). The Morgan fingerprint density at radius 2 is 1.89 bits per heavy atom. The molecule has 9 heteroatoms. The highest BCUT2D eigenvalue weighted by Gasteiger charge is 2.55. The standard InChI is InChI=1S/C19H23N5O3S/c1-28(26,27)19(8-9-19)15-10-16(20)24-17(23-15)13-4-6-14(7-5-13)22-18(25)21-11-12-2-3-12/h4-7,10,12H,2-3,8-9,11H2,1H3,(H2,20,23,24)(H2,21,22,25). The molecule has 8 nitrogen and oxygen atoms in total. The average molecular weight is 401 g/mol. The predicted molar refractivity (Wildman–Crippen MR) is 107 cm³/mol. The highest BCUT2D eigenvalue weighted by molar-refractivity contribution is 7.91. The zero-order valence-electron chi connectivity index (χ0n) is 15.6. The number of hydrogen-bond donors (Lipinski definition) is 3. The molecular weight excluding hydrogens is 378 g/mol. The van der Waals surface area contributed by atoms with Gasteiger partial charge in [-0.2, -0.15) is 0 Å². The third-order valence-corrected chi connectivity index (χ3v) is 7.31. The SMILES string of the molecule is CS(=O)(=O)C1(c2cc(N)nc(-c3ccc(NC(=O)NCC4CC4)cc3)n2)CC1. The van der Waals surface area contributed by atoms with Gasteiger partial charge in [-0.15, -0.1) is 0 Å². The smallest absolute Gasteiger partial charge is 0.319 e. The Kier molecular flexibility index (Phi) is 4.49. The van der Waals surface area contributed by atoms with Crippen molar-refractivity contribution < 1.29 is 13.2 Å². The minimum atomic E-state index is -3.29. The molecule has 1 heterocycles. The normalized spacial score (nSPS) is 17.8. The van der Waals surface area contributed by atoms with Gasteiger partial charge in [0.05, 0.1) is 5.69 Å². The molecule has 2 aliphatic carbocycles. The quantitative estimate of drug-likeness (QED) is 0.681. The van der Waals surface area contributed by atoms with Gasteiger partial charge < -0.3 is 16.4 Å². The molecule has 2 aliphatic rings. The van der Waals surface area contributed by atoms with Gasteiger partial charge >= 0.3 is 6.03 Å². The number of nitrogen functional groups attached to an aromatic ring is 1.